The Labute approximate surface area is 147 Å². The van der Waals surface area contributed by atoms with Gasteiger partial charge in [-0.25, -0.2) is 0 Å². The molecule has 3 heteroatoms. The van der Waals surface area contributed by atoms with Crippen LogP contribution in [0.25, 0.3) is 22.0 Å². The van der Waals surface area contributed by atoms with E-state index in [1.54, 1.807) is 4.90 Å². The normalized spacial score (nSPS) is 14.4. The van der Waals surface area contributed by atoms with Gasteiger partial charge in [-0.05, 0) is 41.7 Å². The number of pyridine rings is 1. The highest BCUT2D eigenvalue weighted by molar-refractivity contribution is 5.84. The summed E-state index contributed by atoms with van der Waals surface area (Å²) in [5, 5.41) is 1.16. The standard InChI is InChI=1S/C22H20N2O/c25-16-24-12-9-18(10-13-24)14-17-3-5-19(6-4-17)21-8-7-20-2-1-11-23-22(20)15-21/h1-9,11,15-16H,10,12-14H2. The summed E-state index contributed by atoms with van der Waals surface area (Å²) in [5.41, 5.74) is 6.16. The summed E-state index contributed by atoms with van der Waals surface area (Å²) in [5.74, 6) is 0. The van der Waals surface area contributed by atoms with E-state index in [1.165, 1.54) is 22.3 Å². The molecule has 25 heavy (non-hydrogen) atoms. The van der Waals surface area contributed by atoms with Crippen LogP contribution in [0.3, 0.4) is 0 Å². The van der Waals surface area contributed by atoms with Crippen LogP contribution in [0, 0.1) is 0 Å². The van der Waals surface area contributed by atoms with Crippen LogP contribution in [0.5, 0.6) is 0 Å². The van der Waals surface area contributed by atoms with Gasteiger partial charge in [-0.15, -0.1) is 0 Å². The molecule has 0 N–H and O–H groups in total. The molecule has 0 bridgehead atoms. The highest BCUT2D eigenvalue weighted by Gasteiger charge is 2.10. The highest BCUT2D eigenvalue weighted by Crippen LogP contribution is 2.24. The zero-order valence-electron chi connectivity index (χ0n) is 14.1. The maximum atomic E-state index is 10.8. The van der Waals surface area contributed by atoms with Gasteiger partial charge in [0.2, 0.25) is 6.41 Å². The lowest BCUT2D eigenvalue weighted by atomic mass is 9.97. The fourth-order valence-corrected chi connectivity index (χ4v) is 3.31. The molecule has 124 valence electrons. The van der Waals surface area contributed by atoms with Gasteiger partial charge in [0.05, 0.1) is 5.52 Å². The quantitative estimate of drug-likeness (QED) is 0.530. The molecule has 0 spiro atoms. The zero-order valence-corrected chi connectivity index (χ0v) is 14.1. The number of hydrogen-bond donors (Lipinski definition) is 0. The molecule has 1 amide bonds. The monoisotopic (exact) mass is 328 g/mol. The maximum absolute atomic E-state index is 10.8. The second kappa shape index (κ2) is 6.89. The van der Waals surface area contributed by atoms with Gasteiger partial charge in [0.15, 0.2) is 0 Å². The third-order valence-corrected chi connectivity index (χ3v) is 4.81. The summed E-state index contributed by atoms with van der Waals surface area (Å²) in [6.45, 7) is 1.57. The summed E-state index contributed by atoms with van der Waals surface area (Å²) in [6.07, 6.45) is 6.88. The van der Waals surface area contributed by atoms with Gasteiger partial charge < -0.3 is 4.90 Å². The van der Waals surface area contributed by atoms with Crippen LogP contribution >= 0.6 is 0 Å². The van der Waals surface area contributed by atoms with Gasteiger partial charge in [0, 0.05) is 24.7 Å². The summed E-state index contributed by atoms with van der Waals surface area (Å²) in [6, 6.07) is 19.2. The summed E-state index contributed by atoms with van der Waals surface area (Å²) in [4.78, 5) is 17.0. The Morgan fingerprint density at radius 3 is 2.64 bits per heavy atom. The number of nitrogens with zero attached hydrogens (tertiary/aromatic N) is 2. The third-order valence-electron chi connectivity index (χ3n) is 4.81. The number of amides is 1. The number of fused-ring (bicyclic) bond motifs is 1. The first kappa shape index (κ1) is 15.6. The second-order valence-electron chi connectivity index (χ2n) is 6.50. The molecule has 0 fully saturated rings. The minimum absolute atomic E-state index is 0.737. The number of aromatic nitrogens is 1. The molecule has 2 aromatic carbocycles. The zero-order chi connectivity index (χ0) is 17.1. The number of hydrogen-bond acceptors (Lipinski definition) is 2. The molecule has 0 radical (unpaired) electrons. The molecule has 0 unspecified atom stereocenters. The van der Waals surface area contributed by atoms with E-state index in [9.17, 15) is 4.79 Å². The van der Waals surface area contributed by atoms with Gasteiger partial charge in [-0.3, -0.25) is 9.78 Å². The second-order valence-corrected chi connectivity index (χ2v) is 6.50. The molecule has 1 aliphatic heterocycles. The summed E-state index contributed by atoms with van der Waals surface area (Å²) in [7, 11) is 0. The van der Waals surface area contributed by atoms with Crippen molar-refractivity contribution in [3.05, 3.63) is 78.0 Å². The van der Waals surface area contributed by atoms with Crippen LogP contribution in [-0.2, 0) is 11.2 Å². The van der Waals surface area contributed by atoms with E-state index >= 15 is 0 Å². The Kier molecular flexibility index (Phi) is 4.30. The Balaban J connectivity index is 1.51. The first-order chi connectivity index (χ1) is 12.3. The smallest absolute Gasteiger partial charge is 0.209 e. The number of rotatable bonds is 4. The highest BCUT2D eigenvalue weighted by atomic mass is 16.1. The van der Waals surface area contributed by atoms with Gasteiger partial charge in [-0.2, -0.15) is 0 Å². The molecule has 0 saturated carbocycles. The minimum Gasteiger partial charge on any atom is -0.341 e. The predicted molar refractivity (Wildman–Crippen MR) is 101 cm³/mol. The molecule has 0 aliphatic carbocycles. The Bertz CT molecular complexity index is 928. The predicted octanol–water partition coefficient (Wildman–Crippen LogP) is 4.23. The average Bonchev–Trinajstić information content (AvgIpc) is 2.69. The molecule has 3 aromatic rings. The fraction of sp³-hybridized carbons (Fsp3) is 0.182. The van der Waals surface area contributed by atoms with E-state index in [4.69, 9.17) is 0 Å². The molecule has 4 rings (SSSR count). The lowest BCUT2D eigenvalue weighted by Gasteiger charge is -2.22. The van der Waals surface area contributed by atoms with Crippen molar-refractivity contribution in [3.8, 4) is 11.1 Å². The van der Waals surface area contributed by atoms with Crippen LogP contribution in [0.4, 0.5) is 0 Å². The van der Waals surface area contributed by atoms with Crippen molar-refractivity contribution in [2.24, 2.45) is 0 Å². The van der Waals surface area contributed by atoms with E-state index in [0.717, 1.165) is 43.2 Å². The molecular weight excluding hydrogens is 308 g/mol. The van der Waals surface area contributed by atoms with Crippen molar-refractivity contribution >= 4 is 17.3 Å². The molecular formula is C22H20N2O. The largest absolute Gasteiger partial charge is 0.341 e. The van der Waals surface area contributed by atoms with Gasteiger partial charge in [0.25, 0.3) is 0 Å². The minimum atomic E-state index is 0.737. The van der Waals surface area contributed by atoms with Crippen molar-refractivity contribution in [3.63, 3.8) is 0 Å². The number of benzene rings is 2. The Hall–Kier alpha value is -2.94. The molecule has 3 nitrogen and oxygen atoms in total. The van der Waals surface area contributed by atoms with E-state index in [-0.39, 0.29) is 0 Å². The molecule has 0 saturated heterocycles. The first-order valence-corrected chi connectivity index (χ1v) is 8.63. The van der Waals surface area contributed by atoms with E-state index < -0.39 is 0 Å². The van der Waals surface area contributed by atoms with Crippen molar-refractivity contribution < 1.29 is 4.79 Å². The van der Waals surface area contributed by atoms with E-state index in [2.05, 4.69) is 59.6 Å². The first-order valence-electron chi connectivity index (χ1n) is 8.63. The molecule has 0 atom stereocenters. The fourth-order valence-electron chi connectivity index (χ4n) is 3.31. The lowest BCUT2D eigenvalue weighted by molar-refractivity contribution is -0.117. The van der Waals surface area contributed by atoms with Crippen molar-refractivity contribution in [2.45, 2.75) is 12.8 Å². The van der Waals surface area contributed by atoms with E-state index in [0.29, 0.717) is 0 Å². The Morgan fingerprint density at radius 1 is 1.04 bits per heavy atom. The van der Waals surface area contributed by atoms with Gasteiger partial charge in [-0.1, -0.05) is 54.1 Å². The number of carbonyl (C=O) groups excluding carboxylic acids is 1. The van der Waals surface area contributed by atoms with Crippen LogP contribution in [0.15, 0.2) is 72.4 Å². The number of carbonyl (C=O) groups is 1. The van der Waals surface area contributed by atoms with Crippen molar-refractivity contribution in [1.29, 1.82) is 0 Å². The van der Waals surface area contributed by atoms with Crippen LogP contribution in [0.1, 0.15) is 12.0 Å². The van der Waals surface area contributed by atoms with Gasteiger partial charge in [0.1, 0.15) is 0 Å². The van der Waals surface area contributed by atoms with Crippen LogP contribution < -0.4 is 0 Å². The lowest BCUT2D eigenvalue weighted by Crippen LogP contribution is -2.27. The molecule has 1 aliphatic rings. The average molecular weight is 328 g/mol. The summed E-state index contributed by atoms with van der Waals surface area (Å²) >= 11 is 0. The summed E-state index contributed by atoms with van der Waals surface area (Å²) < 4.78 is 0. The van der Waals surface area contributed by atoms with Crippen LogP contribution in [-0.4, -0.2) is 29.4 Å². The molecule has 2 heterocycles. The topological polar surface area (TPSA) is 33.2 Å². The van der Waals surface area contributed by atoms with Crippen molar-refractivity contribution in [1.82, 2.24) is 9.88 Å². The maximum Gasteiger partial charge on any atom is 0.209 e. The van der Waals surface area contributed by atoms with Crippen LogP contribution in [0.2, 0.25) is 0 Å². The molecule has 1 aromatic heterocycles. The van der Waals surface area contributed by atoms with Gasteiger partial charge >= 0.3 is 0 Å². The van der Waals surface area contributed by atoms with E-state index in [1.807, 2.05) is 12.3 Å². The van der Waals surface area contributed by atoms with Crippen molar-refractivity contribution in [2.75, 3.05) is 13.1 Å². The Morgan fingerprint density at radius 2 is 1.88 bits per heavy atom. The SMILES string of the molecule is O=CN1CC=C(Cc2ccc(-c3ccc4cccnc4c3)cc2)CC1. The third kappa shape index (κ3) is 3.45.